The number of nitrogens with zero attached hydrogens (tertiary/aromatic N) is 1. The standard InChI is InChI=1S/C16H25FN2O3/c1-20-14-11-16(22-3)15(21-2)10-12(14)13(4-5-17)19-8-6-18-7-9-19/h10-11,13,18H,4-9H2,1-3H3/t13-/m1/s1. The van der Waals surface area contributed by atoms with E-state index in [0.29, 0.717) is 23.7 Å². The van der Waals surface area contributed by atoms with Crippen LogP contribution >= 0.6 is 0 Å². The van der Waals surface area contributed by atoms with Crippen molar-refractivity contribution in [3.63, 3.8) is 0 Å². The molecule has 1 heterocycles. The van der Waals surface area contributed by atoms with Crippen molar-refractivity contribution < 1.29 is 18.6 Å². The molecule has 1 aliphatic rings. The minimum Gasteiger partial charge on any atom is -0.496 e. The van der Waals surface area contributed by atoms with Gasteiger partial charge < -0.3 is 19.5 Å². The van der Waals surface area contributed by atoms with Gasteiger partial charge in [0.15, 0.2) is 11.5 Å². The van der Waals surface area contributed by atoms with Gasteiger partial charge in [0.1, 0.15) is 5.75 Å². The summed E-state index contributed by atoms with van der Waals surface area (Å²) < 4.78 is 29.3. The molecule has 0 saturated carbocycles. The zero-order chi connectivity index (χ0) is 15.9. The summed E-state index contributed by atoms with van der Waals surface area (Å²) >= 11 is 0. The monoisotopic (exact) mass is 312 g/mol. The average Bonchev–Trinajstić information content (AvgIpc) is 2.59. The number of hydrogen-bond acceptors (Lipinski definition) is 5. The van der Waals surface area contributed by atoms with Gasteiger partial charge in [-0.05, 0) is 12.5 Å². The van der Waals surface area contributed by atoms with Gasteiger partial charge in [-0.3, -0.25) is 9.29 Å². The number of ether oxygens (including phenoxy) is 3. The summed E-state index contributed by atoms with van der Waals surface area (Å²) in [6, 6.07) is 3.68. The SMILES string of the molecule is COc1cc(OC)c([C@@H](CCF)N2CCNCC2)cc1OC. The summed E-state index contributed by atoms with van der Waals surface area (Å²) in [7, 11) is 4.81. The first-order chi connectivity index (χ1) is 10.7. The zero-order valence-corrected chi connectivity index (χ0v) is 13.5. The van der Waals surface area contributed by atoms with E-state index in [1.807, 2.05) is 12.1 Å². The van der Waals surface area contributed by atoms with Gasteiger partial charge in [-0.25, -0.2) is 0 Å². The predicted octanol–water partition coefficient (Wildman–Crippen LogP) is 2.02. The highest BCUT2D eigenvalue weighted by atomic mass is 19.1. The maximum atomic E-state index is 13.1. The molecule has 1 fully saturated rings. The van der Waals surface area contributed by atoms with Crippen LogP contribution in [0.4, 0.5) is 4.39 Å². The lowest BCUT2D eigenvalue weighted by molar-refractivity contribution is 0.154. The largest absolute Gasteiger partial charge is 0.496 e. The van der Waals surface area contributed by atoms with E-state index >= 15 is 0 Å². The van der Waals surface area contributed by atoms with Crippen LogP contribution in [0.15, 0.2) is 12.1 Å². The molecule has 1 aliphatic heterocycles. The van der Waals surface area contributed by atoms with Crippen molar-refractivity contribution in [2.75, 3.05) is 54.2 Å². The maximum absolute atomic E-state index is 13.1. The van der Waals surface area contributed by atoms with Crippen LogP contribution in [0.1, 0.15) is 18.0 Å². The molecule has 0 aromatic heterocycles. The molecule has 1 N–H and O–H groups in total. The molecule has 0 radical (unpaired) electrons. The normalized spacial score (nSPS) is 17.1. The zero-order valence-electron chi connectivity index (χ0n) is 13.5. The lowest BCUT2D eigenvalue weighted by Gasteiger charge is -2.35. The van der Waals surface area contributed by atoms with Crippen LogP contribution in [0.2, 0.25) is 0 Å². The highest BCUT2D eigenvalue weighted by Crippen LogP contribution is 2.40. The van der Waals surface area contributed by atoms with E-state index in [-0.39, 0.29) is 12.7 Å². The van der Waals surface area contributed by atoms with Crippen molar-refractivity contribution in [3.8, 4) is 17.2 Å². The van der Waals surface area contributed by atoms with Crippen molar-refractivity contribution in [1.82, 2.24) is 10.2 Å². The van der Waals surface area contributed by atoms with Crippen LogP contribution in [0.25, 0.3) is 0 Å². The van der Waals surface area contributed by atoms with E-state index in [9.17, 15) is 4.39 Å². The maximum Gasteiger partial charge on any atom is 0.164 e. The quantitative estimate of drug-likeness (QED) is 0.834. The summed E-state index contributed by atoms with van der Waals surface area (Å²) in [5.74, 6) is 1.95. The lowest BCUT2D eigenvalue weighted by Crippen LogP contribution is -2.45. The highest BCUT2D eigenvalue weighted by molar-refractivity contribution is 5.52. The van der Waals surface area contributed by atoms with Crippen molar-refractivity contribution in [1.29, 1.82) is 0 Å². The second kappa shape index (κ2) is 8.19. The molecule has 1 saturated heterocycles. The molecule has 6 heteroatoms. The predicted molar refractivity (Wildman–Crippen MR) is 83.9 cm³/mol. The van der Waals surface area contributed by atoms with Crippen molar-refractivity contribution in [2.24, 2.45) is 0 Å². The van der Waals surface area contributed by atoms with E-state index in [4.69, 9.17) is 14.2 Å². The van der Waals surface area contributed by atoms with Gasteiger partial charge in [-0.15, -0.1) is 0 Å². The molecular weight excluding hydrogens is 287 g/mol. The topological polar surface area (TPSA) is 43.0 Å². The second-order valence-electron chi connectivity index (χ2n) is 5.23. The molecule has 0 aliphatic carbocycles. The molecule has 0 unspecified atom stereocenters. The van der Waals surface area contributed by atoms with Gasteiger partial charge in [0.05, 0.1) is 28.0 Å². The molecule has 0 spiro atoms. The first-order valence-electron chi connectivity index (χ1n) is 7.55. The molecule has 22 heavy (non-hydrogen) atoms. The summed E-state index contributed by atoms with van der Waals surface area (Å²) in [5.41, 5.74) is 0.944. The number of methoxy groups -OCH3 is 3. The number of alkyl halides is 1. The van der Waals surface area contributed by atoms with Crippen LogP contribution in [0.3, 0.4) is 0 Å². The number of hydrogen-bond donors (Lipinski definition) is 1. The Hall–Kier alpha value is -1.53. The number of rotatable bonds is 7. The van der Waals surface area contributed by atoms with Gasteiger partial charge in [-0.2, -0.15) is 0 Å². The van der Waals surface area contributed by atoms with E-state index in [2.05, 4.69) is 10.2 Å². The van der Waals surface area contributed by atoms with Gasteiger partial charge in [-0.1, -0.05) is 0 Å². The van der Waals surface area contributed by atoms with Gasteiger partial charge in [0.25, 0.3) is 0 Å². The van der Waals surface area contributed by atoms with Gasteiger partial charge >= 0.3 is 0 Å². The fraction of sp³-hybridized carbons (Fsp3) is 0.625. The van der Waals surface area contributed by atoms with E-state index in [0.717, 1.165) is 31.7 Å². The van der Waals surface area contributed by atoms with Gasteiger partial charge in [0, 0.05) is 43.9 Å². The Morgan fingerprint density at radius 3 is 2.18 bits per heavy atom. The number of piperazine rings is 1. The summed E-state index contributed by atoms with van der Waals surface area (Å²) in [4.78, 5) is 2.29. The fourth-order valence-electron chi connectivity index (χ4n) is 2.95. The molecule has 1 atom stereocenters. The first-order valence-corrected chi connectivity index (χ1v) is 7.55. The Balaban J connectivity index is 2.40. The molecule has 1 aromatic rings. The molecule has 124 valence electrons. The summed E-state index contributed by atoms with van der Waals surface area (Å²) in [5, 5.41) is 3.32. The molecular formula is C16H25FN2O3. The summed E-state index contributed by atoms with van der Waals surface area (Å²) in [6.45, 7) is 3.24. The van der Waals surface area contributed by atoms with E-state index < -0.39 is 0 Å². The smallest absolute Gasteiger partial charge is 0.164 e. The third-order valence-corrected chi connectivity index (χ3v) is 4.07. The first kappa shape index (κ1) is 16.8. The molecule has 2 rings (SSSR count). The van der Waals surface area contributed by atoms with Crippen LogP contribution in [-0.4, -0.2) is 59.1 Å². The Bertz CT molecular complexity index is 479. The van der Waals surface area contributed by atoms with Crippen molar-refractivity contribution in [3.05, 3.63) is 17.7 Å². The van der Waals surface area contributed by atoms with Crippen LogP contribution in [0, 0.1) is 0 Å². The molecule has 0 bridgehead atoms. The van der Waals surface area contributed by atoms with E-state index in [1.165, 1.54) is 0 Å². The Kier molecular flexibility index (Phi) is 6.27. The number of benzene rings is 1. The van der Waals surface area contributed by atoms with Crippen LogP contribution < -0.4 is 19.5 Å². The lowest BCUT2D eigenvalue weighted by atomic mass is 9.99. The third kappa shape index (κ3) is 3.62. The molecule has 5 nitrogen and oxygen atoms in total. The van der Waals surface area contributed by atoms with Crippen LogP contribution in [-0.2, 0) is 0 Å². The van der Waals surface area contributed by atoms with Crippen molar-refractivity contribution >= 4 is 0 Å². The summed E-state index contributed by atoms with van der Waals surface area (Å²) in [6.07, 6.45) is 0.436. The van der Waals surface area contributed by atoms with E-state index in [1.54, 1.807) is 21.3 Å². The Morgan fingerprint density at radius 1 is 1.05 bits per heavy atom. The second-order valence-corrected chi connectivity index (χ2v) is 5.23. The Labute approximate surface area is 131 Å². The van der Waals surface area contributed by atoms with Crippen LogP contribution in [0.5, 0.6) is 17.2 Å². The van der Waals surface area contributed by atoms with Gasteiger partial charge in [0.2, 0.25) is 0 Å². The average molecular weight is 312 g/mol. The van der Waals surface area contributed by atoms with Crippen molar-refractivity contribution in [2.45, 2.75) is 12.5 Å². The third-order valence-electron chi connectivity index (χ3n) is 4.07. The fourth-order valence-corrected chi connectivity index (χ4v) is 2.95. The minimum absolute atomic E-state index is 0.0261. The number of nitrogens with one attached hydrogen (secondary N) is 1. The molecule has 0 amide bonds. The Morgan fingerprint density at radius 2 is 1.64 bits per heavy atom. The molecule has 1 aromatic carbocycles. The minimum atomic E-state index is -0.369. The highest BCUT2D eigenvalue weighted by Gasteiger charge is 2.26. The number of halogens is 1.